The van der Waals surface area contributed by atoms with Gasteiger partial charge in [0.2, 0.25) is 0 Å². The molecule has 2 N–H and O–H groups in total. The standard InChI is InChI=1S/C13H16FN/c1-10-8-11(2)12(13(14)9-10)6-4-3-5-7-15/h8-9H,3,5,7,15H2,1-2H3. The van der Waals surface area contributed by atoms with Crippen LogP contribution in [0, 0.1) is 31.5 Å². The van der Waals surface area contributed by atoms with Crippen LogP contribution in [0.2, 0.25) is 0 Å². The molecular formula is C13H16FN. The third kappa shape index (κ3) is 3.38. The molecule has 1 rings (SSSR count). The molecule has 0 aliphatic rings. The zero-order chi connectivity index (χ0) is 11.3. The van der Waals surface area contributed by atoms with Crippen LogP contribution < -0.4 is 5.73 Å². The second kappa shape index (κ2) is 5.53. The summed E-state index contributed by atoms with van der Waals surface area (Å²) in [5.41, 5.74) is 7.68. The molecule has 0 saturated carbocycles. The molecule has 1 aromatic rings. The van der Waals surface area contributed by atoms with Crippen molar-refractivity contribution in [2.45, 2.75) is 26.7 Å². The van der Waals surface area contributed by atoms with E-state index in [9.17, 15) is 4.39 Å². The maximum absolute atomic E-state index is 13.5. The van der Waals surface area contributed by atoms with Crippen molar-refractivity contribution in [3.63, 3.8) is 0 Å². The molecule has 2 heteroatoms. The first-order valence-electron chi connectivity index (χ1n) is 5.11. The van der Waals surface area contributed by atoms with Crippen LogP contribution in [0.5, 0.6) is 0 Å². The summed E-state index contributed by atoms with van der Waals surface area (Å²) in [4.78, 5) is 0. The van der Waals surface area contributed by atoms with Crippen LogP contribution in [0.1, 0.15) is 29.5 Å². The lowest BCUT2D eigenvalue weighted by atomic mass is 10.1. The summed E-state index contributed by atoms with van der Waals surface area (Å²) in [5, 5.41) is 0. The van der Waals surface area contributed by atoms with Gasteiger partial charge in [-0.05, 0) is 44.0 Å². The molecule has 0 aliphatic carbocycles. The van der Waals surface area contributed by atoms with Crippen LogP contribution in [-0.4, -0.2) is 6.54 Å². The van der Waals surface area contributed by atoms with Gasteiger partial charge in [-0.2, -0.15) is 0 Å². The maximum Gasteiger partial charge on any atom is 0.139 e. The molecule has 0 aliphatic heterocycles. The Morgan fingerprint density at radius 3 is 2.67 bits per heavy atom. The van der Waals surface area contributed by atoms with Crippen LogP contribution in [0.3, 0.4) is 0 Å². The van der Waals surface area contributed by atoms with E-state index in [2.05, 4.69) is 11.8 Å². The van der Waals surface area contributed by atoms with E-state index in [4.69, 9.17) is 5.73 Å². The highest BCUT2D eigenvalue weighted by atomic mass is 19.1. The number of unbranched alkanes of at least 4 members (excludes halogenated alkanes) is 1. The summed E-state index contributed by atoms with van der Waals surface area (Å²) in [7, 11) is 0. The third-order valence-corrected chi connectivity index (χ3v) is 2.15. The number of hydrogen-bond acceptors (Lipinski definition) is 1. The van der Waals surface area contributed by atoms with E-state index in [1.807, 2.05) is 19.9 Å². The minimum Gasteiger partial charge on any atom is -0.330 e. The molecule has 0 radical (unpaired) electrons. The third-order valence-electron chi connectivity index (χ3n) is 2.15. The molecule has 0 spiro atoms. The van der Waals surface area contributed by atoms with Gasteiger partial charge in [0.25, 0.3) is 0 Å². The fourth-order valence-electron chi connectivity index (χ4n) is 1.42. The van der Waals surface area contributed by atoms with Gasteiger partial charge in [0, 0.05) is 6.42 Å². The Hall–Kier alpha value is -1.33. The highest BCUT2D eigenvalue weighted by molar-refractivity contribution is 5.43. The number of benzene rings is 1. The molecule has 0 bridgehead atoms. The number of halogens is 1. The molecule has 0 saturated heterocycles. The summed E-state index contributed by atoms with van der Waals surface area (Å²) < 4.78 is 13.5. The number of aryl methyl sites for hydroxylation is 2. The molecule has 0 aromatic heterocycles. The predicted molar refractivity (Wildman–Crippen MR) is 61.0 cm³/mol. The van der Waals surface area contributed by atoms with Crippen molar-refractivity contribution in [2.75, 3.05) is 6.54 Å². The second-order valence-corrected chi connectivity index (χ2v) is 3.63. The molecule has 0 unspecified atom stereocenters. The van der Waals surface area contributed by atoms with Crippen LogP contribution >= 0.6 is 0 Å². The molecule has 15 heavy (non-hydrogen) atoms. The average molecular weight is 205 g/mol. The molecule has 0 amide bonds. The Bertz CT molecular complexity index is 376. The van der Waals surface area contributed by atoms with Crippen LogP contribution in [0.15, 0.2) is 12.1 Å². The van der Waals surface area contributed by atoms with Gasteiger partial charge in [-0.3, -0.25) is 0 Å². The van der Waals surface area contributed by atoms with E-state index in [1.165, 1.54) is 6.07 Å². The maximum atomic E-state index is 13.5. The monoisotopic (exact) mass is 205 g/mol. The first-order chi connectivity index (χ1) is 7.15. The summed E-state index contributed by atoms with van der Waals surface area (Å²) in [6.45, 7) is 4.38. The smallest absolute Gasteiger partial charge is 0.139 e. The van der Waals surface area contributed by atoms with Crippen molar-refractivity contribution in [1.82, 2.24) is 0 Å². The van der Waals surface area contributed by atoms with Crippen LogP contribution in [-0.2, 0) is 0 Å². The lowest BCUT2D eigenvalue weighted by Crippen LogP contribution is -1.96. The van der Waals surface area contributed by atoms with Crippen molar-refractivity contribution in [3.05, 3.63) is 34.6 Å². The fourth-order valence-corrected chi connectivity index (χ4v) is 1.42. The van der Waals surface area contributed by atoms with Crippen molar-refractivity contribution in [2.24, 2.45) is 5.73 Å². The predicted octanol–water partition coefficient (Wildman–Crippen LogP) is 2.53. The van der Waals surface area contributed by atoms with Crippen molar-refractivity contribution < 1.29 is 4.39 Å². The zero-order valence-corrected chi connectivity index (χ0v) is 9.23. The normalized spacial score (nSPS) is 9.60. The minimum atomic E-state index is -0.229. The first-order valence-corrected chi connectivity index (χ1v) is 5.11. The van der Waals surface area contributed by atoms with E-state index >= 15 is 0 Å². The van der Waals surface area contributed by atoms with Crippen LogP contribution in [0.4, 0.5) is 4.39 Å². The summed E-state index contributed by atoms with van der Waals surface area (Å²) in [6, 6.07) is 3.45. The van der Waals surface area contributed by atoms with E-state index in [0.29, 0.717) is 12.1 Å². The lowest BCUT2D eigenvalue weighted by molar-refractivity contribution is 0.621. The minimum absolute atomic E-state index is 0.229. The summed E-state index contributed by atoms with van der Waals surface area (Å²) >= 11 is 0. The Kier molecular flexibility index (Phi) is 4.33. The van der Waals surface area contributed by atoms with E-state index in [-0.39, 0.29) is 5.82 Å². The van der Waals surface area contributed by atoms with Crippen molar-refractivity contribution in [1.29, 1.82) is 0 Å². The van der Waals surface area contributed by atoms with Gasteiger partial charge in [0.05, 0.1) is 5.56 Å². The van der Waals surface area contributed by atoms with Gasteiger partial charge < -0.3 is 5.73 Å². The average Bonchev–Trinajstić information content (AvgIpc) is 2.15. The van der Waals surface area contributed by atoms with Gasteiger partial charge in [0.1, 0.15) is 5.82 Å². The van der Waals surface area contributed by atoms with Gasteiger partial charge in [-0.1, -0.05) is 17.9 Å². The van der Waals surface area contributed by atoms with Gasteiger partial charge >= 0.3 is 0 Å². The van der Waals surface area contributed by atoms with Crippen LogP contribution in [0.25, 0.3) is 0 Å². The van der Waals surface area contributed by atoms with E-state index in [0.717, 1.165) is 24.0 Å². The fraction of sp³-hybridized carbons (Fsp3) is 0.385. The topological polar surface area (TPSA) is 26.0 Å². The van der Waals surface area contributed by atoms with Gasteiger partial charge in [-0.25, -0.2) is 4.39 Å². The molecule has 1 aromatic carbocycles. The zero-order valence-electron chi connectivity index (χ0n) is 9.23. The highest BCUT2D eigenvalue weighted by Crippen LogP contribution is 2.14. The number of hydrogen-bond donors (Lipinski definition) is 1. The number of nitrogens with two attached hydrogens (primary N) is 1. The highest BCUT2D eigenvalue weighted by Gasteiger charge is 2.03. The second-order valence-electron chi connectivity index (χ2n) is 3.63. The Labute approximate surface area is 90.5 Å². The van der Waals surface area contributed by atoms with Gasteiger partial charge in [0.15, 0.2) is 0 Å². The summed E-state index contributed by atoms with van der Waals surface area (Å²) in [6.07, 6.45) is 1.59. The van der Waals surface area contributed by atoms with E-state index < -0.39 is 0 Å². The Morgan fingerprint density at radius 2 is 2.07 bits per heavy atom. The molecule has 0 heterocycles. The largest absolute Gasteiger partial charge is 0.330 e. The number of rotatable bonds is 2. The molecule has 80 valence electrons. The Balaban J connectivity index is 2.88. The Morgan fingerprint density at radius 1 is 1.33 bits per heavy atom. The molecular weight excluding hydrogens is 189 g/mol. The van der Waals surface area contributed by atoms with Crippen molar-refractivity contribution in [3.8, 4) is 11.8 Å². The SMILES string of the molecule is Cc1cc(C)c(C#CCCCN)c(F)c1. The molecule has 0 fully saturated rings. The lowest BCUT2D eigenvalue weighted by Gasteiger charge is -2.01. The van der Waals surface area contributed by atoms with Gasteiger partial charge in [-0.15, -0.1) is 0 Å². The molecule has 1 nitrogen and oxygen atoms in total. The van der Waals surface area contributed by atoms with Crippen molar-refractivity contribution >= 4 is 0 Å². The molecule has 0 atom stereocenters. The van der Waals surface area contributed by atoms with E-state index in [1.54, 1.807) is 0 Å². The first kappa shape index (κ1) is 11.7. The quantitative estimate of drug-likeness (QED) is 0.582. The summed E-state index contributed by atoms with van der Waals surface area (Å²) in [5.74, 6) is 5.57.